The fraction of sp³-hybridized carbons (Fsp3) is 0.423. The fourth-order valence-corrected chi connectivity index (χ4v) is 5.08. The molecule has 1 saturated heterocycles. The molecular formula is C26H30N4O2. The van der Waals surface area contributed by atoms with Crippen molar-refractivity contribution in [1.29, 1.82) is 0 Å². The van der Waals surface area contributed by atoms with E-state index in [1.807, 2.05) is 64.1 Å². The second kappa shape index (κ2) is 9.15. The predicted molar refractivity (Wildman–Crippen MR) is 127 cm³/mol. The average molecular weight is 431 g/mol. The number of amides is 1. The Morgan fingerprint density at radius 2 is 1.72 bits per heavy atom. The van der Waals surface area contributed by atoms with E-state index in [0.29, 0.717) is 24.9 Å². The zero-order valence-corrected chi connectivity index (χ0v) is 18.4. The second-order valence-corrected chi connectivity index (χ2v) is 9.08. The first-order valence-corrected chi connectivity index (χ1v) is 11.8. The molecule has 2 aromatic carbocycles. The minimum Gasteiger partial charge on any atom is -0.353 e. The van der Waals surface area contributed by atoms with Crippen molar-refractivity contribution >= 4 is 22.8 Å². The second-order valence-electron chi connectivity index (χ2n) is 9.08. The number of hydrogen-bond donors (Lipinski definition) is 1. The number of anilines is 1. The van der Waals surface area contributed by atoms with Gasteiger partial charge in [-0.15, -0.1) is 0 Å². The van der Waals surface area contributed by atoms with Crippen LogP contribution in [0.1, 0.15) is 44.1 Å². The highest BCUT2D eigenvalue weighted by Gasteiger charge is 2.30. The molecule has 2 heterocycles. The van der Waals surface area contributed by atoms with Gasteiger partial charge in [-0.2, -0.15) is 0 Å². The Bertz CT molecular complexity index is 1150. The summed E-state index contributed by atoms with van der Waals surface area (Å²) in [6.45, 7) is 1.79. The number of nitrogens with one attached hydrogen (secondary N) is 1. The Morgan fingerprint density at radius 1 is 0.969 bits per heavy atom. The number of piperidine rings is 1. The summed E-state index contributed by atoms with van der Waals surface area (Å²) in [6, 6.07) is 18.1. The van der Waals surface area contributed by atoms with Crippen molar-refractivity contribution in [3.05, 3.63) is 70.5 Å². The van der Waals surface area contributed by atoms with Crippen molar-refractivity contribution in [1.82, 2.24) is 14.9 Å². The number of aromatic nitrogens is 2. The largest absolute Gasteiger partial charge is 0.353 e. The van der Waals surface area contributed by atoms with Crippen LogP contribution >= 0.6 is 0 Å². The van der Waals surface area contributed by atoms with E-state index in [1.165, 1.54) is 12.8 Å². The summed E-state index contributed by atoms with van der Waals surface area (Å²) in [5, 5.41) is 3.24. The highest BCUT2D eigenvalue weighted by atomic mass is 16.2. The molecule has 166 valence electrons. The van der Waals surface area contributed by atoms with Crippen molar-refractivity contribution < 1.29 is 4.79 Å². The number of para-hydroxylation sites is 2. The lowest BCUT2D eigenvalue weighted by Crippen LogP contribution is -2.47. The molecule has 2 fully saturated rings. The lowest BCUT2D eigenvalue weighted by atomic mass is 9.96. The van der Waals surface area contributed by atoms with Crippen molar-refractivity contribution in [2.75, 3.05) is 18.0 Å². The number of hydrogen-bond acceptors (Lipinski definition) is 4. The first-order valence-electron chi connectivity index (χ1n) is 11.8. The molecule has 1 N–H and O–H groups in total. The van der Waals surface area contributed by atoms with E-state index in [-0.39, 0.29) is 17.4 Å². The predicted octanol–water partition coefficient (Wildman–Crippen LogP) is 3.72. The first kappa shape index (κ1) is 20.7. The summed E-state index contributed by atoms with van der Waals surface area (Å²) in [7, 11) is 0. The quantitative estimate of drug-likeness (QED) is 0.670. The van der Waals surface area contributed by atoms with Gasteiger partial charge < -0.3 is 10.2 Å². The molecule has 1 aliphatic heterocycles. The molecule has 0 radical (unpaired) electrons. The van der Waals surface area contributed by atoms with Gasteiger partial charge in [-0.05, 0) is 43.4 Å². The molecule has 0 spiro atoms. The van der Waals surface area contributed by atoms with Crippen molar-refractivity contribution in [3.63, 3.8) is 0 Å². The van der Waals surface area contributed by atoms with Gasteiger partial charge in [0.15, 0.2) is 5.82 Å². The van der Waals surface area contributed by atoms with Crippen LogP contribution in [0.15, 0.2) is 59.4 Å². The van der Waals surface area contributed by atoms with Crippen LogP contribution in [0.4, 0.5) is 5.82 Å². The molecule has 1 atom stereocenters. The third kappa shape index (κ3) is 4.27. The maximum absolute atomic E-state index is 13.6. The monoisotopic (exact) mass is 430 g/mol. The molecule has 5 rings (SSSR count). The molecule has 0 bridgehead atoms. The molecule has 1 amide bonds. The third-order valence-corrected chi connectivity index (χ3v) is 6.81. The van der Waals surface area contributed by atoms with E-state index in [1.54, 1.807) is 0 Å². The Morgan fingerprint density at radius 3 is 2.53 bits per heavy atom. The number of rotatable bonds is 5. The molecule has 2 aliphatic rings. The van der Waals surface area contributed by atoms with Crippen LogP contribution in [0.5, 0.6) is 0 Å². The average Bonchev–Trinajstić information content (AvgIpc) is 3.34. The van der Waals surface area contributed by atoms with Gasteiger partial charge in [-0.3, -0.25) is 14.2 Å². The molecule has 1 aliphatic carbocycles. The number of carbonyl (C=O) groups is 1. The molecule has 6 heteroatoms. The molecule has 0 unspecified atom stereocenters. The van der Waals surface area contributed by atoms with Gasteiger partial charge in [0.05, 0.1) is 23.5 Å². The van der Waals surface area contributed by atoms with Crippen LogP contribution in [0.3, 0.4) is 0 Å². The molecular weight excluding hydrogens is 400 g/mol. The summed E-state index contributed by atoms with van der Waals surface area (Å²) in [4.78, 5) is 33.3. The van der Waals surface area contributed by atoms with E-state index < -0.39 is 0 Å². The summed E-state index contributed by atoms with van der Waals surface area (Å²) in [5.74, 6) is 0.490. The molecule has 1 saturated carbocycles. The van der Waals surface area contributed by atoms with E-state index in [4.69, 9.17) is 4.98 Å². The van der Waals surface area contributed by atoms with Gasteiger partial charge in [0.1, 0.15) is 0 Å². The topological polar surface area (TPSA) is 67.2 Å². The summed E-state index contributed by atoms with van der Waals surface area (Å²) >= 11 is 0. The Balaban J connectivity index is 1.45. The van der Waals surface area contributed by atoms with Crippen LogP contribution in [-0.2, 0) is 11.3 Å². The number of benzene rings is 2. The van der Waals surface area contributed by atoms with Crippen molar-refractivity contribution in [2.24, 2.45) is 5.92 Å². The van der Waals surface area contributed by atoms with Gasteiger partial charge in [0.25, 0.3) is 5.56 Å². The lowest BCUT2D eigenvalue weighted by Gasteiger charge is -2.33. The third-order valence-electron chi connectivity index (χ3n) is 6.81. The Hall–Kier alpha value is -3.15. The SMILES string of the molecule is O=C(NC1CCCC1)[C@H]1CCCN(c2nc3ccccc3n(Cc3ccccc3)c2=O)C1. The molecule has 6 nitrogen and oxygen atoms in total. The number of fused-ring (bicyclic) bond motifs is 1. The Kier molecular flexibility index (Phi) is 5.93. The summed E-state index contributed by atoms with van der Waals surface area (Å²) in [6.07, 6.45) is 6.31. The normalized spacial score (nSPS) is 19.4. The lowest BCUT2D eigenvalue weighted by molar-refractivity contribution is -0.125. The minimum absolute atomic E-state index is 0.0931. The highest BCUT2D eigenvalue weighted by molar-refractivity contribution is 5.80. The smallest absolute Gasteiger partial charge is 0.294 e. The van der Waals surface area contributed by atoms with Gasteiger partial charge in [0.2, 0.25) is 5.91 Å². The molecule has 1 aromatic heterocycles. The van der Waals surface area contributed by atoms with Crippen LogP contribution in [0.2, 0.25) is 0 Å². The van der Waals surface area contributed by atoms with Gasteiger partial charge in [-0.25, -0.2) is 4.98 Å². The van der Waals surface area contributed by atoms with E-state index in [2.05, 4.69) is 5.32 Å². The minimum atomic E-state index is -0.0976. The van der Waals surface area contributed by atoms with E-state index in [9.17, 15) is 9.59 Å². The highest BCUT2D eigenvalue weighted by Crippen LogP contribution is 2.24. The number of nitrogens with zero attached hydrogens (tertiary/aromatic N) is 3. The van der Waals surface area contributed by atoms with E-state index >= 15 is 0 Å². The zero-order chi connectivity index (χ0) is 21.9. The maximum Gasteiger partial charge on any atom is 0.294 e. The van der Waals surface area contributed by atoms with E-state index in [0.717, 1.165) is 48.8 Å². The van der Waals surface area contributed by atoms with Crippen LogP contribution < -0.4 is 15.8 Å². The molecule has 3 aromatic rings. The van der Waals surface area contributed by atoms with Gasteiger partial charge >= 0.3 is 0 Å². The maximum atomic E-state index is 13.6. The fourth-order valence-electron chi connectivity index (χ4n) is 5.08. The zero-order valence-electron chi connectivity index (χ0n) is 18.4. The standard InChI is InChI=1S/C26H30N4O2/c31-25(27-21-12-4-5-13-21)20-11-8-16-29(18-20)24-26(32)30(17-19-9-2-1-3-10-19)23-15-7-6-14-22(23)28-24/h1-3,6-7,9-10,14-15,20-21H,4-5,8,11-13,16-18H2,(H,27,31)/t20-/m0/s1. The van der Waals surface area contributed by atoms with Gasteiger partial charge in [0, 0.05) is 19.1 Å². The number of carbonyl (C=O) groups excluding carboxylic acids is 1. The van der Waals surface area contributed by atoms with Crippen LogP contribution in [0, 0.1) is 5.92 Å². The first-order chi connectivity index (χ1) is 15.7. The van der Waals surface area contributed by atoms with Gasteiger partial charge in [-0.1, -0.05) is 55.3 Å². The van der Waals surface area contributed by atoms with Crippen molar-refractivity contribution in [2.45, 2.75) is 51.1 Å². The summed E-state index contributed by atoms with van der Waals surface area (Å²) in [5.41, 5.74) is 2.61. The molecule has 32 heavy (non-hydrogen) atoms. The Labute approximate surface area is 188 Å². The van der Waals surface area contributed by atoms with Crippen LogP contribution in [-0.4, -0.2) is 34.6 Å². The van der Waals surface area contributed by atoms with Crippen molar-refractivity contribution in [3.8, 4) is 0 Å². The summed E-state index contributed by atoms with van der Waals surface area (Å²) < 4.78 is 1.81. The van der Waals surface area contributed by atoms with Crippen LogP contribution in [0.25, 0.3) is 11.0 Å².